The molecule has 4 aliphatic rings. The van der Waals surface area contributed by atoms with Gasteiger partial charge < -0.3 is 14.8 Å². The van der Waals surface area contributed by atoms with Crippen LogP contribution in [0, 0.1) is 23.7 Å². The first-order valence-corrected chi connectivity index (χ1v) is 9.93. The Labute approximate surface area is 171 Å². The monoisotopic (exact) mass is 404 g/mol. The van der Waals surface area contributed by atoms with E-state index in [-0.39, 0.29) is 23.4 Å². The SMILES string of the molecule is Cc1cc2c(cc1Nc1ncc3c(n1)n(C14CC(CC#N)(C1)C4)c(=O)n3C)OCO2. The Kier molecular flexibility index (Phi) is 3.20. The lowest BCUT2D eigenvalue weighted by Crippen LogP contribution is -2.69. The molecule has 3 saturated carbocycles. The minimum Gasteiger partial charge on any atom is -0.454 e. The Morgan fingerprint density at radius 1 is 1.27 bits per heavy atom. The van der Waals surface area contributed by atoms with Gasteiger partial charge in [0.1, 0.15) is 5.52 Å². The van der Waals surface area contributed by atoms with Gasteiger partial charge in [-0.3, -0.25) is 9.13 Å². The summed E-state index contributed by atoms with van der Waals surface area (Å²) >= 11 is 0. The lowest BCUT2D eigenvalue weighted by atomic mass is 9.38. The van der Waals surface area contributed by atoms with Crippen LogP contribution < -0.4 is 20.5 Å². The van der Waals surface area contributed by atoms with Gasteiger partial charge >= 0.3 is 5.69 Å². The van der Waals surface area contributed by atoms with Crippen LogP contribution in [-0.4, -0.2) is 25.9 Å². The number of hydrogen-bond acceptors (Lipinski definition) is 7. The Bertz CT molecular complexity index is 1310. The number of nitriles is 1. The van der Waals surface area contributed by atoms with Crippen LogP contribution in [0.1, 0.15) is 31.2 Å². The van der Waals surface area contributed by atoms with Gasteiger partial charge in [-0.1, -0.05) is 0 Å². The fourth-order valence-corrected chi connectivity index (χ4v) is 5.43. The van der Waals surface area contributed by atoms with Crippen LogP contribution in [0.15, 0.2) is 23.1 Å². The molecule has 152 valence electrons. The van der Waals surface area contributed by atoms with E-state index in [1.54, 1.807) is 17.8 Å². The molecule has 0 atom stereocenters. The van der Waals surface area contributed by atoms with Gasteiger partial charge in [0.05, 0.1) is 17.8 Å². The van der Waals surface area contributed by atoms with Crippen molar-refractivity contribution in [3.63, 3.8) is 0 Å². The first-order chi connectivity index (χ1) is 14.4. The van der Waals surface area contributed by atoms with E-state index in [0.717, 1.165) is 36.3 Å². The summed E-state index contributed by atoms with van der Waals surface area (Å²) in [6, 6.07) is 6.07. The Balaban J connectivity index is 1.39. The molecule has 0 radical (unpaired) electrons. The summed E-state index contributed by atoms with van der Waals surface area (Å²) in [6.45, 7) is 2.18. The third-order valence-electron chi connectivity index (χ3n) is 6.81. The van der Waals surface area contributed by atoms with Crippen molar-refractivity contribution < 1.29 is 9.47 Å². The van der Waals surface area contributed by atoms with Crippen LogP contribution in [0.2, 0.25) is 0 Å². The summed E-state index contributed by atoms with van der Waals surface area (Å²) in [4.78, 5) is 22.1. The smallest absolute Gasteiger partial charge is 0.330 e. The van der Waals surface area contributed by atoms with E-state index >= 15 is 0 Å². The lowest BCUT2D eigenvalue weighted by Gasteiger charge is -2.70. The van der Waals surface area contributed by atoms with Crippen LogP contribution in [0.5, 0.6) is 11.5 Å². The number of imidazole rings is 1. The number of ether oxygens (including phenoxy) is 2. The van der Waals surface area contributed by atoms with Gasteiger partial charge in [-0.15, -0.1) is 0 Å². The van der Waals surface area contributed by atoms with Crippen molar-refractivity contribution in [3.8, 4) is 17.6 Å². The highest BCUT2D eigenvalue weighted by Crippen LogP contribution is 2.72. The molecular formula is C21H20N6O3. The molecule has 0 unspecified atom stereocenters. The standard InChI is InChI=1S/C21H20N6O3/c1-12-5-15-16(30-11-29-15)6-13(12)24-18-23-7-14-17(25-18)27(19(28)26(14)2)21-8-20(9-21,10-21)3-4-22/h5-7H,3,8-11H2,1-2H3,(H,23,24,25). The maximum Gasteiger partial charge on any atom is 0.330 e. The van der Waals surface area contributed by atoms with Crippen LogP contribution in [0.3, 0.4) is 0 Å². The number of anilines is 2. The van der Waals surface area contributed by atoms with E-state index in [2.05, 4.69) is 16.4 Å². The van der Waals surface area contributed by atoms with Crippen LogP contribution in [0.4, 0.5) is 11.6 Å². The highest BCUT2D eigenvalue weighted by atomic mass is 16.7. The first kappa shape index (κ1) is 17.3. The summed E-state index contributed by atoms with van der Waals surface area (Å²) in [5, 5.41) is 12.3. The number of aromatic nitrogens is 4. The zero-order valence-corrected chi connectivity index (χ0v) is 16.7. The van der Waals surface area contributed by atoms with E-state index in [4.69, 9.17) is 19.7 Å². The Morgan fingerprint density at radius 3 is 2.73 bits per heavy atom. The molecule has 1 N–H and O–H groups in total. The predicted octanol–water partition coefficient (Wildman–Crippen LogP) is 2.70. The van der Waals surface area contributed by atoms with Gasteiger partial charge in [0.25, 0.3) is 0 Å². The molecule has 1 aromatic carbocycles. The second-order valence-electron chi connectivity index (χ2n) is 8.81. The summed E-state index contributed by atoms with van der Waals surface area (Å²) in [7, 11) is 1.75. The highest BCUT2D eigenvalue weighted by Gasteiger charge is 2.69. The van der Waals surface area contributed by atoms with Crippen molar-refractivity contribution in [3.05, 3.63) is 34.4 Å². The summed E-state index contributed by atoms with van der Waals surface area (Å²) < 4.78 is 14.3. The molecule has 2 bridgehead atoms. The molecule has 1 aliphatic heterocycles. The summed E-state index contributed by atoms with van der Waals surface area (Å²) in [5.74, 6) is 1.82. The maximum atomic E-state index is 13.0. The minimum absolute atomic E-state index is 0.0824. The maximum absolute atomic E-state index is 13.0. The first-order valence-electron chi connectivity index (χ1n) is 9.93. The summed E-state index contributed by atoms with van der Waals surface area (Å²) in [6.07, 6.45) is 4.82. The van der Waals surface area contributed by atoms with Crippen LogP contribution >= 0.6 is 0 Å². The molecule has 0 amide bonds. The molecule has 7 rings (SSSR count). The number of benzene rings is 1. The zero-order chi connectivity index (χ0) is 20.7. The average molecular weight is 404 g/mol. The fourth-order valence-electron chi connectivity index (χ4n) is 5.43. The van der Waals surface area contributed by atoms with Crippen molar-refractivity contribution in [2.24, 2.45) is 12.5 Å². The van der Waals surface area contributed by atoms with Crippen molar-refractivity contribution >= 4 is 22.8 Å². The van der Waals surface area contributed by atoms with E-state index < -0.39 is 0 Å². The average Bonchev–Trinajstić information content (AvgIpc) is 3.20. The topological polar surface area (TPSA) is 107 Å². The van der Waals surface area contributed by atoms with Crippen molar-refractivity contribution in [2.45, 2.75) is 38.1 Å². The third kappa shape index (κ3) is 2.13. The molecule has 3 aromatic rings. The molecule has 0 spiro atoms. The number of rotatable bonds is 4. The minimum atomic E-state index is -0.215. The van der Waals surface area contributed by atoms with Gasteiger partial charge in [-0.25, -0.2) is 9.78 Å². The van der Waals surface area contributed by atoms with E-state index in [9.17, 15) is 4.79 Å². The van der Waals surface area contributed by atoms with Gasteiger partial charge in [-0.2, -0.15) is 10.2 Å². The van der Waals surface area contributed by atoms with Gasteiger partial charge in [-0.05, 0) is 43.2 Å². The lowest BCUT2D eigenvalue weighted by molar-refractivity contribution is -0.183. The second-order valence-corrected chi connectivity index (χ2v) is 8.81. The zero-order valence-electron chi connectivity index (χ0n) is 16.7. The molecule has 3 heterocycles. The number of aryl methyl sites for hydroxylation is 2. The number of nitrogens with zero attached hydrogens (tertiary/aromatic N) is 5. The number of fused-ring (bicyclic) bond motifs is 2. The van der Waals surface area contributed by atoms with E-state index in [0.29, 0.717) is 29.3 Å². The molecule has 0 saturated heterocycles. The van der Waals surface area contributed by atoms with Gasteiger partial charge in [0, 0.05) is 25.2 Å². The van der Waals surface area contributed by atoms with Crippen LogP contribution in [0.25, 0.3) is 11.2 Å². The molecular weight excluding hydrogens is 384 g/mol. The molecule has 2 aromatic heterocycles. The molecule has 3 aliphatic carbocycles. The number of hydrogen-bond donors (Lipinski definition) is 1. The molecule has 30 heavy (non-hydrogen) atoms. The largest absolute Gasteiger partial charge is 0.454 e. The predicted molar refractivity (Wildman–Crippen MR) is 108 cm³/mol. The fraction of sp³-hybridized carbons (Fsp3) is 0.429. The Morgan fingerprint density at radius 2 is 2.00 bits per heavy atom. The van der Waals surface area contributed by atoms with Crippen molar-refractivity contribution in [1.29, 1.82) is 5.26 Å². The second kappa shape index (κ2) is 5.53. The highest BCUT2D eigenvalue weighted by molar-refractivity contribution is 5.74. The quantitative estimate of drug-likeness (QED) is 0.712. The van der Waals surface area contributed by atoms with Crippen molar-refractivity contribution in [1.82, 2.24) is 19.1 Å². The number of nitrogens with one attached hydrogen (secondary N) is 1. The van der Waals surface area contributed by atoms with E-state index in [1.807, 2.05) is 23.6 Å². The molecule has 9 nitrogen and oxygen atoms in total. The molecule has 3 fully saturated rings. The third-order valence-corrected chi connectivity index (χ3v) is 6.81. The Hall–Kier alpha value is -3.54. The van der Waals surface area contributed by atoms with Crippen LogP contribution in [-0.2, 0) is 12.6 Å². The molecule has 9 heteroatoms. The summed E-state index contributed by atoms with van der Waals surface area (Å²) in [5.41, 5.74) is 2.92. The van der Waals surface area contributed by atoms with Crippen molar-refractivity contribution in [2.75, 3.05) is 12.1 Å². The van der Waals surface area contributed by atoms with Gasteiger partial charge in [0.15, 0.2) is 17.1 Å². The van der Waals surface area contributed by atoms with E-state index in [1.165, 1.54) is 0 Å². The van der Waals surface area contributed by atoms with Gasteiger partial charge in [0.2, 0.25) is 12.7 Å². The normalized spacial score (nSPS) is 25.5.